The summed E-state index contributed by atoms with van der Waals surface area (Å²) in [5, 5.41) is 0. The van der Waals surface area contributed by atoms with Crippen LogP contribution in [-0.2, 0) is 16.2 Å². The van der Waals surface area contributed by atoms with Gasteiger partial charge in [-0.3, -0.25) is 4.72 Å². The van der Waals surface area contributed by atoms with Crippen LogP contribution in [0.15, 0.2) is 51.8 Å². The zero-order valence-corrected chi connectivity index (χ0v) is 14.1. The van der Waals surface area contributed by atoms with Crippen LogP contribution in [-0.4, -0.2) is 15.5 Å². The minimum Gasteiger partial charge on any atom is -0.495 e. The molecule has 0 atom stereocenters. The first-order valence-corrected chi connectivity index (χ1v) is 8.45. The predicted molar refractivity (Wildman–Crippen MR) is 82.9 cm³/mol. The minimum atomic E-state index is -4.67. The van der Waals surface area contributed by atoms with Crippen LogP contribution in [0.5, 0.6) is 5.75 Å². The number of anilines is 1. The summed E-state index contributed by atoms with van der Waals surface area (Å²) in [6, 6.07) is 8.88. The minimum absolute atomic E-state index is 0.131. The highest BCUT2D eigenvalue weighted by Gasteiger charge is 2.34. The van der Waals surface area contributed by atoms with Crippen LogP contribution in [0.1, 0.15) is 5.56 Å². The first-order chi connectivity index (χ1) is 10.6. The van der Waals surface area contributed by atoms with Crippen molar-refractivity contribution in [3.8, 4) is 5.75 Å². The smallest absolute Gasteiger partial charge is 0.417 e. The third-order valence-electron chi connectivity index (χ3n) is 2.90. The molecule has 0 heterocycles. The molecule has 124 valence electrons. The Morgan fingerprint density at radius 1 is 1.13 bits per heavy atom. The number of rotatable bonds is 4. The molecule has 23 heavy (non-hydrogen) atoms. The molecule has 0 aromatic heterocycles. The molecule has 2 rings (SSSR count). The summed E-state index contributed by atoms with van der Waals surface area (Å²) in [6.45, 7) is 0. The standard InChI is InChI=1S/C14H11BrF3NO3S/c1-22-13-5-3-2-4-12(13)19-23(20,21)9-6-7-11(15)10(8-9)14(16,17)18/h2-8,19H,1H3. The molecular weight excluding hydrogens is 399 g/mol. The number of halogens is 4. The van der Waals surface area contributed by atoms with E-state index in [2.05, 4.69) is 20.7 Å². The van der Waals surface area contributed by atoms with Crippen LogP contribution < -0.4 is 9.46 Å². The average molecular weight is 410 g/mol. The van der Waals surface area contributed by atoms with Gasteiger partial charge in [-0.05, 0) is 30.3 Å². The maximum Gasteiger partial charge on any atom is 0.417 e. The fraction of sp³-hybridized carbons (Fsp3) is 0.143. The number of sulfonamides is 1. The fourth-order valence-electron chi connectivity index (χ4n) is 1.82. The van der Waals surface area contributed by atoms with E-state index in [4.69, 9.17) is 4.74 Å². The molecule has 0 spiro atoms. The van der Waals surface area contributed by atoms with Crippen molar-refractivity contribution < 1.29 is 26.3 Å². The normalized spacial score (nSPS) is 12.0. The number of hydrogen-bond donors (Lipinski definition) is 1. The van der Waals surface area contributed by atoms with Gasteiger partial charge >= 0.3 is 6.18 Å². The summed E-state index contributed by atoms with van der Waals surface area (Å²) < 4.78 is 70.3. The molecule has 0 aliphatic carbocycles. The van der Waals surface area contributed by atoms with E-state index in [0.717, 1.165) is 12.1 Å². The number of ether oxygens (including phenoxy) is 1. The molecule has 0 aliphatic rings. The predicted octanol–water partition coefficient (Wildman–Crippen LogP) is 4.28. The Kier molecular flexibility index (Phi) is 4.90. The summed E-state index contributed by atoms with van der Waals surface area (Å²) in [5.41, 5.74) is -0.938. The third kappa shape index (κ3) is 3.97. The first kappa shape index (κ1) is 17.6. The molecule has 1 N–H and O–H groups in total. The molecule has 0 fully saturated rings. The molecule has 0 aliphatic heterocycles. The van der Waals surface area contributed by atoms with Crippen molar-refractivity contribution in [1.29, 1.82) is 0 Å². The molecular formula is C14H11BrF3NO3S. The van der Waals surface area contributed by atoms with Crippen LogP contribution in [0.2, 0.25) is 0 Å². The van der Waals surface area contributed by atoms with Gasteiger partial charge in [0.25, 0.3) is 10.0 Å². The van der Waals surface area contributed by atoms with Gasteiger partial charge in [-0.1, -0.05) is 28.1 Å². The lowest BCUT2D eigenvalue weighted by atomic mass is 10.2. The van der Waals surface area contributed by atoms with E-state index in [1.807, 2.05) is 0 Å². The maximum absolute atomic E-state index is 12.9. The highest BCUT2D eigenvalue weighted by molar-refractivity contribution is 9.10. The van der Waals surface area contributed by atoms with Gasteiger partial charge in [0, 0.05) is 4.47 Å². The highest BCUT2D eigenvalue weighted by Crippen LogP contribution is 2.36. The highest BCUT2D eigenvalue weighted by atomic mass is 79.9. The average Bonchev–Trinajstić information content (AvgIpc) is 2.46. The van der Waals surface area contributed by atoms with Gasteiger partial charge < -0.3 is 4.74 Å². The van der Waals surface area contributed by atoms with E-state index in [1.165, 1.54) is 19.2 Å². The molecule has 2 aromatic carbocycles. The Morgan fingerprint density at radius 3 is 2.39 bits per heavy atom. The van der Waals surface area contributed by atoms with Crippen LogP contribution in [0.3, 0.4) is 0 Å². The summed E-state index contributed by atoms with van der Waals surface area (Å²) in [4.78, 5) is -0.501. The van der Waals surface area contributed by atoms with Crippen molar-refractivity contribution in [2.45, 2.75) is 11.1 Å². The fourth-order valence-corrected chi connectivity index (χ4v) is 3.39. The lowest BCUT2D eigenvalue weighted by molar-refractivity contribution is -0.138. The number of benzene rings is 2. The van der Waals surface area contributed by atoms with Crippen LogP contribution >= 0.6 is 15.9 Å². The summed E-state index contributed by atoms with van der Waals surface area (Å²) in [5.74, 6) is 0.254. The van der Waals surface area contributed by atoms with E-state index in [9.17, 15) is 21.6 Å². The zero-order valence-electron chi connectivity index (χ0n) is 11.7. The second-order valence-electron chi connectivity index (χ2n) is 4.45. The summed E-state index contributed by atoms with van der Waals surface area (Å²) in [6.07, 6.45) is -4.67. The lowest BCUT2D eigenvalue weighted by Crippen LogP contribution is -2.15. The summed E-state index contributed by atoms with van der Waals surface area (Å²) >= 11 is 2.77. The molecule has 4 nitrogen and oxygen atoms in total. The van der Waals surface area contributed by atoms with Crippen LogP contribution in [0.4, 0.5) is 18.9 Å². The Bertz CT molecular complexity index is 822. The van der Waals surface area contributed by atoms with Crippen molar-refractivity contribution in [2.24, 2.45) is 0 Å². The van der Waals surface area contributed by atoms with Crippen molar-refractivity contribution in [3.63, 3.8) is 0 Å². The van der Waals surface area contributed by atoms with E-state index in [-0.39, 0.29) is 15.9 Å². The molecule has 0 radical (unpaired) electrons. The van der Waals surface area contributed by atoms with Gasteiger partial charge in [0.05, 0.1) is 23.3 Å². The first-order valence-electron chi connectivity index (χ1n) is 6.18. The molecule has 9 heteroatoms. The maximum atomic E-state index is 12.9. The summed E-state index contributed by atoms with van der Waals surface area (Å²) in [7, 11) is -2.84. The van der Waals surface area contributed by atoms with E-state index in [0.29, 0.717) is 6.07 Å². The molecule has 2 aromatic rings. The van der Waals surface area contributed by atoms with Gasteiger partial charge in [0.1, 0.15) is 5.75 Å². The van der Waals surface area contributed by atoms with Crippen molar-refractivity contribution >= 4 is 31.6 Å². The van der Waals surface area contributed by atoms with Gasteiger partial charge in [-0.2, -0.15) is 13.2 Å². The SMILES string of the molecule is COc1ccccc1NS(=O)(=O)c1ccc(Br)c(C(F)(F)F)c1. The molecule has 0 unspecified atom stereocenters. The lowest BCUT2D eigenvalue weighted by Gasteiger charge is -2.14. The molecule has 0 amide bonds. The van der Waals surface area contributed by atoms with E-state index in [1.54, 1.807) is 12.1 Å². The van der Waals surface area contributed by atoms with E-state index < -0.39 is 26.7 Å². The number of para-hydroxylation sites is 2. The van der Waals surface area contributed by atoms with Crippen molar-refractivity contribution in [3.05, 3.63) is 52.5 Å². The molecule has 0 bridgehead atoms. The monoisotopic (exact) mass is 409 g/mol. The second-order valence-corrected chi connectivity index (χ2v) is 6.98. The quantitative estimate of drug-likeness (QED) is 0.819. The molecule has 0 saturated heterocycles. The number of hydrogen-bond acceptors (Lipinski definition) is 3. The van der Waals surface area contributed by atoms with Crippen molar-refractivity contribution in [1.82, 2.24) is 0 Å². The Hall–Kier alpha value is -1.74. The Morgan fingerprint density at radius 2 is 1.78 bits per heavy atom. The largest absolute Gasteiger partial charge is 0.495 e. The number of nitrogens with one attached hydrogen (secondary N) is 1. The number of methoxy groups -OCH3 is 1. The second kappa shape index (κ2) is 6.40. The Labute approximate surface area is 139 Å². The van der Waals surface area contributed by atoms with Gasteiger partial charge in [0.2, 0.25) is 0 Å². The van der Waals surface area contributed by atoms with Crippen LogP contribution in [0, 0.1) is 0 Å². The van der Waals surface area contributed by atoms with Crippen molar-refractivity contribution in [2.75, 3.05) is 11.8 Å². The van der Waals surface area contributed by atoms with Gasteiger partial charge in [-0.25, -0.2) is 8.42 Å². The number of alkyl halides is 3. The molecule has 0 saturated carbocycles. The van der Waals surface area contributed by atoms with Gasteiger partial charge in [-0.15, -0.1) is 0 Å². The van der Waals surface area contributed by atoms with E-state index >= 15 is 0 Å². The Balaban J connectivity index is 2.45. The van der Waals surface area contributed by atoms with Crippen LogP contribution in [0.25, 0.3) is 0 Å². The zero-order chi connectivity index (χ0) is 17.3. The topological polar surface area (TPSA) is 55.4 Å². The third-order valence-corrected chi connectivity index (χ3v) is 4.96. The van der Waals surface area contributed by atoms with Gasteiger partial charge in [0.15, 0.2) is 0 Å².